The van der Waals surface area contributed by atoms with Gasteiger partial charge in [-0.1, -0.05) is 18.0 Å². The van der Waals surface area contributed by atoms with Crippen LogP contribution in [0, 0.1) is 6.92 Å². The van der Waals surface area contributed by atoms with E-state index < -0.39 is 0 Å². The summed E-state index contributed by atoms with van der Waals surface area (Å²) in [7, 11) is 0. The highest BCUT2D eigenvalue weighted by atomic mass is 35.5. The molecule has 3 N–H and O–H groups in total. The molecule has 1 aliphatic carbocycles. The van der Waals surface area contributed by atoms with Crippen molar-refractivity contribution < 1.29 is 9.32 Å². The van der Waals surface area contributed by atoms with Crippen LogP contribution in [-0.4, -0.2) is 23.1 Å². The minimum Gasteiger partial charge on any atom is -0.361 e. The van der Waals surface area contributed by atoms with Crippen molar-refractivity contribution in [1.29, 1.82) is 0 Å². The van der Waals surface area contributed by atoms with Gasteiger partial charge < -0.3 is 15.6 Å². The zero-order valence-electron chi connectivity index (χ0n) is 10.6. The maximum absolute atomic E-state index is 11.9. The third kappa shape index (κ3) is 3.46. The molecule has 5 nitrogen and oxygen atoms in total. The Hall–Kier alpha value is -1.07. The predicted octanol–water partition coefficient (Wildman–Crippen LogP) is 1.34. The summed E-state index contributed by atoms with van der Waals surface area (Å²) in [6.07, 6.45) is 4.50. The summed E-state index contributed by atoms with van der Waals surface area (Å²) in [4.78, 5) is 11.9. The maximum atomic E-state index is 11.9. The number of amides is 1. The van der Waals surface area contributed by atoms with Gasteiger partial charge in [0.2, 0.25) is 5.91 Å². The molecule has 102 valence electrons. The summed E-state index contributed by atoms with van der Waals surface area (Å²) in [6, 6.07) is 1.78. The number of rotatable bonds is 4. The average molecular weight is 274 g/mol. The highest BCUT2D eigenvalue weighted by Gasteiger charge is 2.33. The van der Waals surface area contributed by atoms with Crippen LogP contribution in [0.3, 0.4) is 0 Å². The largest absolute Gasteiger partial charge is 0.361 e. The van der Waals surface area contributed by atoms with E-state index in [1.807, 2.05) is 6.92 Å². The van der Waals surface area contributed by atoms with Gasteiger partial charge in [0, 0.05) is 12.6 Å². The molecule has 1 amide bonds. The number of nitrogens with zero attached hydrogens (tertiary/aromatic N) is 1. The number of aromatic nitrogens is 1. The van der Waals surface area contributed by atoms with Gasteiger partial charge in [0.25, 0.3) is 0 Å². The van der Waals surface area contributed by atoms with E-state index in [1.165, 1.54) is 0 Å². The molecule has 1 aliphatic rings. The molecule has 1 aromatic heterocycles. The van der Waals surface area contributed by atoms with E-state index >= 15 is 0 Å². The molecule has 0 aromatic carbocycles. The van der Waals surface area contributed by atoms with E-state index in [1.54, 1.807) is 6.07 Å². The van der Waals surface area contributed by atoms with Gasteiger partial charge in [-0.25, -0.2) is 0 Å². The van der Waals surface area contributed by atoms with Crippen molar-refractivity contribution in [2.75, 3.05) is 6.54 Å². The highest BCUT2D eigenvalue weighted by Crippen LogP contribution is 2.28. The van der Waals surface area contributed by atoms with E-state index in [4.69, 9.17) is 10.3 Å². The first-order valence-electron chi connectivity index (χ1n) is 6.07. The van der Waals surface area contributed by atoms with Gasteiger partial charge in [0.15, 0.2) is 0 Å². The lowest BCUT2D eigenvalue weighted by Gasteiger charge is -2.28. The van der Waals surface area contributed by atoms with Crippen LogP contribution in [-0.2, 0) is 11.2 Å². The molecule has 2 rings (SSSR count). The number of hydrogen-bond donors (Lipinski definition) is 2. The van der Waals surface area contributed by atoms with Crippen LogP contribution in [0.5, 0.6) is 0 Å². The first kappa shape index (κ1) is 15.0. The predicted molar refractivity (Wildman–Crippen MR) is 70.6 cm³/mol. The lowest BCUT2D eigenvalue weighted by atomic mass is 9.97. The Labute approximate surface area is 113 Å². The van der Waals surface area contributed by atoms with Crippen molar-refractivity contribution >= 4 is 18.3 Å². The van der Waals surface area contributed by atoms with Gasteiger partial charge in [-0.2, -0.15) is 0 Å². The van der Waals surface area contributed by atoms with E-state index in [-0.39, 0.29) is 30.3 Å². The molecule has 1 heterocycles. The Balaban J connectivity index is 0.00000162. The fourth-order valence-corrected chi connectivity index (χ4v) is 2.44. The molecule has 0 radical (unpaired) electrons. The Morgan fingerprint density at radius 3 is 2.72 bits per heavy atom. The molecule has 1 saturated carbocycles. The fourth-order valence-electron chi connectivity index (χ4n) is 2.44. The number of aryl methyl sites for hydroxylation is 1. The molecule has 1 fully saturated rings. The number of nitrogens with one attached hydrogen (secondary N) is 1. The molecule has 18 heavy (non-hydrogen) atoms. The van der Waals surface area contributed by atoms with Crippen molar-refractivity contribution in [2.24, 2.45) is 5.73 Å². The summed E-state index contributed by atoms with van der Waals surface area (Å²) >= 11 is 0. The summed E-state index contributed by atoms with van der Waals surface area (Å²) < 4.78 is 4.93. The normalized spacial score (nSPS) is 17.2. The summed E-state index contributed by atoms with van der Waals surface area (Å²) in [5, 5.41) is 6.87. The number of hydrogen-bond acceptors (Lipinski definition) is 4. The summed E-state index contributed by atoms with van der Waals surface area (Å²) in [6.45, 7) is 2.32. The van der Waals surface area contributed by atoms with Crippen molar-refractivity contribution in [3.63, 3.8) is 0 Å². The number of carbonyl (C=O) groups is 1. The molecule has 0 bridgehead atoms. The fraction of sp³-hybridized carbons (Fsp3) is 0.667. The Morgan fingerprint density at radius 2 is 2.22 bits per heavy atom. The minimum atomic E-state index is -0.185. The molecule has 0 aliphatic heterocycles. The van der Waals surface area contributed by atoms with Gasteiger partial charge in [-0.05, 0) is 19.8 Å². The molecule has 0 saturated heterocycles. The zero-order valence-corrected chi connectivity index (χ0v) is 11.4. The second-order valence-corrected chi connectivity index (χ2v) is 4.85. The quantitative estimate of drug-likeness (QED) is 0.867. The van der Waals surface area contributed by atoms with Crippen LogP contribution < -0.4 is 11.1 Å². The average Bonchev–Trinajstić information content (AvgIpc) is 2.89. The Bertz CT molecular complexity index is 400. The van der Waals surface area contributed by atoms with Crippen LogP contribution >= 0.6 is 12.4 Å². The monoisotopic (exact) mass is 273 g/mol. The van der Waals surface area contributed by atoms with E-state index in [9.17, 15) is 4.79 Å². The molecule has 1 aromatic rings. The topological polar surface area (TPSA) is 81.2 Å². The first-order valence-corrected chi connectivity index (χ1v) is 6.07. The number of halogens is 1. The third-order valence-electron chi connectivity index (χ3n) is 3.37. The van der Waals surface area contributed by atoms with Crippen LogP contribution in [0.2, 0.25) is 0 Å². The SMILES string of the molecule is Cc1cc(CC(=O)NC2(CN)CCCC2)no1.Cl. The Morgan fingerprint density at radius 1 is 1.56 bits per heavy atom. The number of nitrogens with two attached hydrogens (primary N) is 1. The standard InChI is InChI=1S/C12H19N3O2.ClH/c1-9-6-10(15-17-9)7-11(16)14-12(8-13)4-2-3-5-12;/h6H,2-5,7-8,13H2,1H3,(H,14,16);1H. The lowest BCUT2D eigenvalue weighted by molar-refractivity contribution is -0.122. The maximum Gasteiger partial charge on any atom is 0.226 e. The third-order valence-corrected chi connectivity index (χ3v) is 3.37. The second kappa shape index (κ2) is 6.20. The lowest BCUT2D eigenvalue weighted by Crippen LogP contribution is -2.52. The van der Waals surface area contributed by atoms with E-state index in [2.05, 4.69) is 10.5 Å². The van der Waals surface area contributed by atoms with Gasteiger partial charge in [0.1, 0.15) is 5.76 Å². The molecular weight excluding hydrogens is 254 g/mol. The van der Waals surface area contributed by atoms with Crippen LogP contribution in [0.15, 0.2) is 10.6 Å². The summed E-state index contributed by atoms with van der Waals surface area (Å²) in [5.41, 5.74) is 6.25. The van der Waals surface area contributed by atoms with E-state index in [0.29, 0.717) is 12.2 Å². The number of carbonyl (C=O) groups excluding carboxylic acids is 1. The minimum absolute atomic E-state index is 0. The van der Waals surface area contributed by atoms with Gasteiger partial charge in [-0.15, -0.1) is 12.4 Å². The molecular formula is C12H20ClN3O2. The molecule has 6 heteroatoms. The molecule has 0 spiro atoms. The second-order valence-electron chi connectivity index (χ2n) is 4.85. The van der Waals surface area contributed by atoms with Gasteiger partial charge in [-0.3, -0.25) is 4.79 Å². The van der Waals surface area contributed by atoms with Crippen molar-refractivity contribution in [3.8, 4) is 0 Å². The van der Waals surface area contributed by atoms with Crippen LogP contribution in [0.4, 0.5) is 0 Å². The zero-order chi connectivity index (χ0) is 12.3. The summed E-state index contributed by atoms with van der Waals surface area (Å²) in [5.74, 6) is 0.702. The van der Waals surface area contributed by atoms with E-state index in [0.717, 1.165) is 31.4 Å². The van der Waals surface area contributed by atoms with Crippen LogP contribution in [0.1, 0.15) is 37.1 Å². The molecule has 0 unspecified atom stereocenters. The van der Waals surface area contributed by atoms with Crippen LogP contribution in [0.25, 0.3) is 0 Å². The van der Waals surface area contributed by atoms with Crippen molar-refractivity contribution in [3.05, 3.63) is 17.5 Å². The highest BCUT2D eigenvalue weighted by molar-refractivity contribution is 5.85. The molecule has 0 atom stereocenters. The first-order chi connectivity index (χ1) is 8.13. The van der Waals surface area contributed by atoms with Gasteiger partial charge >= 0.3 is 0 Å². The van der Waals surface area contributed by atoms with Gasteiger partial charge in [0.05, 0.1) is 17.7 Å². The van der Waals surface area contributed by atoms with Crippen molar-refractivity contribution in [1.82, 2.24) is 10.5 Å². The van der Waals surface area contributed by atoms with Crippen molar-refractivity contribution in [2.45, 2.75) is 44.6 Å². The Kier molecular flexibility index (Phi) is 5.16. The smallest absolute Gasteiger partial charge is 0.226 e.